The molecule has 0 heterocycles. The molecule has 0 fully saturated rings. The second kappa shape index (κ2) is 6.99. The number of halogens is 1. The molecule has 5 heteroatoms. The summed E-state index contributed by atoms with van der Waals surface area (Å²) < 4.78 is 4.92. The Bertz CT molecular complexity index is 626. The molecule has 0 spiro atoms. The number of hydrogen-bond donors (Lipinski definition) is 2. The molecule has 4 nitrogen and oxygen atoms in total. The Hall–Kier alpha value is -2.20. The third-order valence-corrected chi connectivity index (χ3v) is 3.25. The summed E-state index contributed by atoms with van der Waals surface area (Å²) in [6.07, 6.45) is 0. The smallest absolute Gasteiger partial charge is 0.338 e. The van der Waals surface area contributed by atoms with E-state index in [9.17, 15) is 9.90 Å². The van der Waals surface area contributed by atoms with Crippen molar-refractivity contribution in [2.75, 3.05) is 11.9 Å². The highest BCUT2D eigenvalue weighted by Gasteiger charge is 2.07. The van der Waals surface area contributed by atoms with Crippen molar-refractivity contribution in [3.8, 4) is 5.75 Å². The number of para-hydroxylation sites is 1. The fourth-order valence-electron chi connectivity index (χ4n) is 1.84. The molecule has 2 aromatic rings. The number of ether oxygens (including phenoxy) is 1. The molecule has 0 radical (unpaired) electrons. The van der Waals surface area contributed by atoms with E-state index < -0.39 is 0 Å². The molecule has 21 heavy (non-hydrogen) atoms. The van der Waals surface area contributed by atoms with Crippen LogP contribution < -0.4 is 5.32 Å². The summed E-state index contributed by atoms with van der Waals surface area (Å²) in [6.45, 7) is 2.56. The molecule has 0 amide bonds. The molecule has 0 aliphatic heterocycles. The fraction of sp³-hybridized carbons (Fsp3) is 0.188. The molecule has 2 rings (SSSR count). The van der Waals surface area contributed by atoms with E-state index in [4.69, 9.17) is 16.3 Å². The Morgan fingerprint density at radius 1 is 1.24 bits per heavy atom. The SMILES string of the molecule is CCOC(=O)c1ccc(NCc2cccc(Cl)c2O)cc1. The summed E-state index contributed by atoms with van der Waals surface area (Å²) in [5, 5.41) is 13.3. The van der Waals surface area contributed by atoms with Crippen molar-refractivity contribution < 1.29 is 14.6 Å². The topological polar surface area (TPSA) is 58.6 Å². The number of hydrogen-bond acceptors (Lipinski definition) is 4. The molecule has 0 aliphatic carbocycles. The quantitative estimate of drug-likeness (QED) is 0.824. The van der Waals surface area contributed by atoms with Gasteiger partial charge in [0.15, 0.2) is 0 Å². The van der Waals surface area contributed by atoms with Crippen molar-refractivity contribution in [3.63, 3.8) is 0 Å². The second-order valence-electron chi connectivity index (χ2n) is 4.40. The third kappa shape index (κ3) is 3.89. The van der Waals surface area contributed by atoms with Crippen LogP contribution in [0.15, 0.2) is 42.5 Å². The minimum absolute atomic E-state index is 0.0785. The fourth-order valence-corrected chi connectivity index (χ4v) is 2.03. The van der Waals surface area contributed by atoms with Gasteiger partial charge in [0.05, 0.1) is 17.2 Å². The standard InChI is InChI=1S/C16H16ClNO3/c1-2-21-16(20)11-6-8-13(9-7-11)18-10-12-4-3-5-14(17)15(12)19/h3-9,18-19H,2,10H2,1H3. The molecule has 0 saturated carbocycles. The molecule has 2 aromatic carbocycles. The maximum absolute atomic E-state index is 11.5. The third-order valence-electron chi connectivity index (χ3n) is 2.95. The number of benzene rings is 2. The van der Waals surface area contributed by atoms with Gasteiger partial charge in [0.2, 0.25) is 0 Å². The lowest BCUT2D eigenvalue weighted by molar-refractivity contribution is 0.0526. The Balaban J connectivity index is 2.01. The van der Waals surface area contributed by atoms with E-state index in [1.54, 1.807) is 49.4 Å². The molecule has 0 unspecified atom stereocenters. The zero-order valence-corrected chi connectivity index (χ0v) is 12.4. The summed E-state index contributed by atoms with van der Waals surface area (Å²) in [6, 6.07) is 12.2. The lowest BCUT2D eigenvalue weighted by atomic mass is 10.1. The van der Waals surface area contributed by atoms with Crippen molar-refractivity contribution in [3.05, 3.63) is 58.6 Å². The minimum atomic E-state index is -0.337. The van der Waals surface area contributed by atoms with Crippen LogP contribution in [-0.4, -0.2) is 17.7 Å². The van der Waals surface area contributed by atoms with Crippen LogP contribution in [0.3, 0.4) is 0 Å². The van der Waals surface area contributed by atoms with Crippen LogP contribution in [0.1, 0.15) is 22.8 Å². The summed E-state index contributed by atoms with van der Waals surface area (Å²) in [5.74, 6) is -0.258. The van der Waals surface area contributed by atoms with E-state index in [0.29, 0.717) is 29.3 Å². The monoisotopic (exact) mass is 305 g/mol. The van der Waals surface area contributed by atoms with E-state index >= 15 is 0 Å². The van der Waals surface area contributed by atoms with Crippen molar-refractivity contribution in [2.24, 2.45) is 0 Å². The first kappa shape index (κ1) is 15.2. The van der Waals surface area contributed by atoms with Crippen molar-refractivity contribution in [2.45, 2.75) is 13.5 Å². The number of carbonyl (C=O) groups excluding carboxylic acids is 1. The predicted octanol–water partition coefficient (Wildman–Crippen LogP) is 3.83. The van der Waals surface area contributed by atoms with E-state index in [0.717, 1.165) is 5.69 Å². The largest absolute Gasteiger partial charge is 0.506 e. The molecule has 0 atom stereocenters. The van der Waals surface area contributed by atoms with Gasteiger partial charge in [-0.05, 0) is 37.3 Å². The molecule has 2 N–H and O–H groups in total. The highest BCUT2D eigenvalue weighted by atomic mass is 35.5. The summed E-state index contributed by atoms with van der Waals surface area (Å²) in [4.78, 5) is 11.5. The van der Waals surface area contributed by atoms with Crippen molar-refractivity contribution >= 4 is 23.3 Å². The van der Waals surface area contributed by atoms with Gasteiger partial charge in [-0.2, -0.15) is 0 Å². The number of phenolic OH excluding ortho intramolecular Hbond substituents is 1. The number of anilines is 1. The lowest BCUT2D eigenvalue weighted by Crippen LogP contribution is -2.05. The number of aromatic hydroxyl groups is 1. The highest BCUT2D eigenvalue weighted by molar-refractivity contribution is 6.32. The Labute approximate surface area is 128 Å². The van der Waals surface area contributed by atoms with E-state index in [1.165, 1.54) is 0 Å². The Kier molecular flexibility index (Phi) is 5.06. The van der Waals surface area contributed by atoms with Crippen molar-refractivity contribution in [1.82, 2.24) is 0 Å². The van der Waals surface area contributed by atoms with Gasteiger partial charge in [-0.3, -0.25) is 0 Å². The van der Waals surface area contributed by atoms with Gasteiger partial charge in [-0.1, -0.05) is 23.7 Å². The number of phenols is 1. The minimum Gasteiger partial charge on any atom is -0.506 e. The van der Waals surface area contributed by atoms with E-state index in [2.05, 4.69) is 5.32 Å². The zero-order valence-electron chi connectivity index (χ0n) is 11.6. The molecule has 0 aliphatic rings. The molecule has 0 bridgehead atoms. The van der Waals surface area contributed by atoms with Gasteiger partial charge in [0.25, 0.3) is 0 Å². The van der Waals surface area contributed by atoms with E-state index in [-0.39, 0.29) is 11.7 Å². The van der Waals surface area contributed by atoms with Crippen LogP contribution in [0.5, 0.6) is 5.75 Å². The van der Waals surface area contributed by atoms with Gasteiger partial charge in [0.1, 0.15) is 5.75 Å². The first-order chi connectivity index (χ1) is 10.1. The normalized spacial score (nSPS) is 10.2. The Morgan fingerprint density at radius 2 is 1.95 bits per heavy atom. The number of rotatable bonds is 5. The summed E-state index contributed by atoms with van der Waals surface area (Å²) in [5.41, 5.74) is 2.05. The van der Waals surface area contributed by atoms with Gasteiger partial charge in [-0.25, -0.2) is 4.79 Å². The van der Waals surface area contributed by atoms with Crippen molar-refractivity contribution in [1.29, 1.82) is 0 Å². The molecular weight excluding hydrogens is 290 g/mol. The maximum Gasteiger partial charge on any atom is 0.338 e. The van der Waals surface area contributed by atoms with E-state index in [1.807, 2.05) is 0 Å². The highest BCUT2D eigenvalue weighted by Crippen LogP contribution is 2.27. The van der Waals surface area contributed by atoms with Gasteiger partial charge in [0, 0.05) is 17.8 Å². The number of carbonyl (C=O) groups is 1. The first-order valence-electron chi connectivity index (χ1n) is 6.59. The number of esters is 1. The zero-order chi connectivity index (χ0) is 15.2. The average molecular weight is 306 g/mol. The van der Waals surface area contributed by atoms with Crippen LogP contribution in [0.25, 0.3) is 0 Å². The van der Waals surface area contributed by atoms with Crippen LogP contribution in [0, 0.1) is 0 Å². The molecule has 0 aromatic heterocycles. The summed E-state index contributed by atoms with van der Waals surface area (Å²) >= 11 is 5.85. The predicted molar refractivity (Wildman–Crippen MR) is 82.8 cm³/mol. The molecule has 0 saturated heterocycles. The number of nitrogens with one attached hydrogen (secondary N) is 1. The van der Waals surface area contributed by atoms with Crippen LogP contribution in [0.4, 0.5) is 5.69 Å². The maximum atomic E-state index is 11.5. The van der Waals surface area contributed by atoms with Crippen LogP contribution in [-0.2, 0) is 11.3 Å². The lowest BCUT2D eigenvalue weighted by Gasteiger charge is -2.09. The van der Waals surface area contributed by atoms with Crippen LogP contribution in [0.2, 0.25) is 5.02 Å². The van der Waals surface area contributed by atoms with Crippen LogP contribution >= 0.6 is 11.6 Å². The van der Waals surface area contributed by atoms with Gasteiger partial charge < -0.3 is 15.2 Å². The van der Waals surface area contributed by atoms with Gasteiger partial charge >= 0.3 is 5.97 Å². The molecule has 110 valence electrons. The second-order valence-corrected chi connectivity index (χ2v) is 4.81. The average Bonchev–Trinajstić information content (AvgIpc) is 2.49. The Morgan fingerprint density at radius 3 is 2.62 bits per heavy atom. The van der Waals surface area contributed by atoms with Gasteiger partial charge in [-0.15, -0.1) is 0 Å². The molecular formula is C16H16ClNO3. The first-order valence-corrected chi connectivity index (χ1v) is 6.97. The summed E-state index contributed by atoms with van der Waals surface area (Å²) in [7, 11) is 0.